The first-order valence-electron chi connectivity index (χ1n) is 4.28. The van der Waals surface area contributed by atoms with Crippen LogP contribution in [0.4, 0.5) is 8.78 Å². The average molecular weight is 221 g/mol. The van der Waals surface area contributed by atoms with Crippen molar-refractivity contribution in [1.82, 2.24) is 0 Å². The van der Waals surface area contributed by atoms with Crippen LogP contribution in [0, 0.1) is 17.6 Å². The fourth-order valence-electron chi connectivity index (χ4n) is 0.891. The normalized spacial score (nSPS) is 10.7. The van der Waals surface area contributed by atoms with E-state index in [2.05, 4.69) is 0 Å². The minimum absolute atomic E-state index is 0.134. The summed E-state index contributed by atoms with van der Waals surface area (Å²) in [6.07, 6.45) is 0. The van der Waals surface area contributed by atoms with E-state index in [9.17, 15) is 8.78 Å². The maximum atomic E-state index is 13.2. The van der Waals surface area contributed by atoms with Crippen LogP contribution in [0.5, 0.6) is 5.75 Å². The number of rotatable bonds is 3. The number of benzene rings is 1. The molecule has 0 bridgehead atoms. The second-order valence-electron chi connectivity index (χ2n) is 3.38. The fraction of sp³-hybridized carbons (Fsp3) is 0.400. The molecule has 0 fully saturated rings. The first-order valence-corrected chi connectivity index (χ1v) is 4.66. The first-order chi connectivity index (χ1) is 6.52. The monoisotopic (exact) mass is 220 g/mol. The van der Waals surface area contributed by atoms with Crippen molar-refractivity contribution in [3.05, 3.63) is 28.8 Å². The van der Waals surface area contributed by atoms with E-state index in [0.29, 0.717) is 0 Å². The van der Waals surface area contributed by atoms with Crippen LogP contribution in [-0.2, 0) is 0 Å². The quantitative estimate of drug-likeness (QED) is 0.707. The number of hydrogen-bond acceptors (Lipinski definition) is 1. The Hall–Kier alpha value is -0.830. The van der Waals surface area contributed by atoms with Gasteiger partial charge in [-0.3, -0.25) is 0 Å². The Kier molecular flexibility index (Phi) is 3.69. The van der Waals surface area contributed by atoms with E-state index < -0.39 is 17.4 Å². The summed E-state index contributed by atoms with van der Waals surface area (Å²) in [5.41, 5.74) is 0. The topological polar surface area (TPSA) is 9.23 Å². The Morgan fingerprint density at radius 1 is 1.36 bits per heavy atom. The van der Waals surface area contributed by atoms with Gasteiger partial charge in [0.25, 0.3) is 0 Å². The Morgan fingerprint density at radius 2 is 2.00 bits per heavy atom. The molecule has 0 unspecified atom stereocenters. The largest absolute Gasteiger partial charge is 0.487 e. The molecule has 0 amide bonds. The predicted octanol–water partition coefficient (Wildman–Crippen LogP) is 3.65. The summed E-state index contributed by atoms with van der Waals surface area (Å²) in [6.45, 7) is 4.04. The van der Waals surface area contributed by atoms with E-state index >= 15 is 0 Å². The van der Waals surface area contributed by atoms with Gasteiger partial charge in [0.1, 0.15) is 0 Å². The summed E-state index contributed by atoms with van der Waals surface area (Å²) in [7, 11) is 0. The SMILES string of the molecule is CC(C)COc1c(F)ccc(Cl)c1F. The zero-order chi connectivity index (χ0) is 10.7. The van der Waals surface area contributed by atoms with Crippen LogP contribution in [0.15, 0.2) is 12.1 Å². The first kappa shape index (κ1) is 11.2. The molecule has 0 saturated heterocycles. The van der Waals surface area contributed by atoms with Gasteiger partial charge in [-0.25, -0.2) is 8.78 Å². The third kappa shape index (κ3) is 2.58. The van der Waals surface area contributed by atoms with Crippen molar-refractivity contribution in [2.24, 2.45) is 5.92 Å². The van der Waals surface area contributed by atoms with Gasteiger partial charge in [0.2, 0.25) is 0 Å². The van der Waals surface area contributed by atoms with E-state index in [1.54, 1.807) is 0 Å². The molecule has 1 aromatic rings. The maximum absolute atomic E-state index is 13.2. The van der Waals surface area contributed by atoms with Crippen LogP contribution >= 0.6 is 11.6 Å². The average Bonchev–Trinajstić information content (AvgIpc) is 2.11. The molecule has 0 spiro atoms. The number of ether oxygens (including phenoxy) is 1. The molecular formula is C10H11ClF2O. The van der Waals surface area contributed by atoms with Crippen molar-refractivity contribution in [2.75, 3.05) is 6.61 Å². The molecular weight excluding hydrogens is 210 g/mol. The lowest BCUT2D eigenvalue weighted by Gasteiger charge is -2.10. The second kappa shape index (κ2) is 4.60. The molecule has 14 heavy (non-hydrogen) atoms. The molecule has 0 aliphatic carbocycles. The summed E-state index contributed by atoms with van der Waals surface area (Å²) < 4.78 is 31.2. The van der Waals surface area contributed by atoms with Crippen LogP contribution in [0.25, 0.3) is 0 Å². The third-order valence-electron chi connectivity index (χ3n) is 1.56. The van der Waals surface area contributed by atoms with E-state index in [1.165, 1.54) is 0 Å². The highest BCUT2D eigenvalue weighted by Crippen LogP contribution is 2.27. The molecule has 0 aliphatic rings. The molecule has 0 N–H and O–H groups in total. The van der Waals surface area contributed by atoms with Gasteiger partial charge in [-0.2, -0.15) is 0 Å². The summed E-state index contributed by atoms with van der Waals surface area (Å²) >= 11 is 5.48. The minimum atomic E-state index is -0.840. The lowest BCUT2D eigenvalue weighted by atomic mass is 10.2. The molecule has 1 rings (SSSR count). The van der Waals surface area contributed by atoms with Crippen molar-refractivity contribution in [3.8, 4) is 5.75 Å². The molecule has 1 aromatic carbocycles. The second-order valence-corrected chi connectivity index (χ2v) is 3.78. The highest BCUT2D eigenvalue weighted by Gasteiger charge is 2.14. The zero-order valence-electron chi connectivity index (χ0n) is 7.98. The third-order valence-corrected chi connectivity index (χ3v) is 1.85. The van der Waals surface area contributed by atoms with Gasteiger partial charge in [0.15, 0.2) is 17.4 Å². The molecule has 4 heteroatoms. The maximum Gasteiger partial charge on any atom is 0.192 e. The van der Waals surface area contributed by atoms with Crippen molar-refractivity contribution >= 4 is 11.6 Å². The lowest BCUT2D eigenvalue weighted by molar-refractivity contribution is 0.247. The van der Waals surface area contributed by atoms with E-state index in [1.807, 2.05) is 13.8 Å². The molecule has 0 heterocycles. The molecule has 78 valence electrons. The number of halogens is 3. The van der Waals surface area contributed by atoms with Crippen molar-refractivity contribution in [1.29, 1.82) is 0 Å². The van der Waals surface area contributed by atoms with Crippen LogP contribution in [0.3, 0.4) is 0 Å². The van der Waals surface area contributed by atoms with E-state index in [-0.39, 0.29) is 17.5 Å². The zero-order valence-corrected chi connectivity index (χ0v) is 8.74. The highest BCUT2D eigenvalue weighted by atomic mass is 35.5. The van der Waals surface area contributed by atoms with Gasteiger partial charge in [-0.05, 0) is 18.1 Å². The molecule has 0 radical (unpaired) electrons. The summed E-state index contributed by atoms with van der Waals surface area (Å²) in [5, 5.41) is -0.134. The van der Waals surface area contributed by atoms with Crippen LogP contribution in [-0.4, -0.2) is 6.61 Å². The molecule has 0 saturated carbocycles. The molecule has 0 aromatic heterocycles. The van der Waals surface area contributed by atoms with Crippen molar-refractivity contribution in [3.63, 3.8) is 0 Å². The standard InChI is InChI=1S/C10H11ClF2O/c1-6(2)5-14-10-8(12)4-3-7(11)9(10)13/h3-4,6H,5H2,1-2H3. The van der Waals surface area contributed by atoms with Gasteiger partial charge in [0.05, 0.1) is 11.6 Å². The smallest absolute Gasteiger partial charge is 0.192 e. The predicted molar refractivity (Wildman–Crippen MR) is 51.7 cm³/mol. The van der Waals surface area contributed by atoms with Crippen LogP contribution in [0.2, 0.25) is 5.02 Å². The number of hydrogen-bond donors (Lipinski definition) is 0. The fourth-order valence-corrected chi connectivity index (χ4v) is 1.04. The molecule has 1 nitrogen and oxygen atoms in total. The van der Waals surface area contributed by atoms with Crippen LogP contribution < -0.4 is 4.74 Å². The summed E-state index contributed by atoms with van der Waals surface area (Å²) in [6, 6.07) is 2.25. The summed E-state index contributed by atoms with van der Waals surface area (Å²) in [4.78, 5) is 0. The lowest BCUT2D eigenvalue weighted by Crippen LogP contribution is -2.07. The summed E-state index contributed by atoms with van der Waals surface area (Å²) in [5.74, 6) is -1.76. The van der Waals surface area contributed by atoms with Gasteiger partial charge in [-0.1, -0.05) is 25.4 Å². The molecule has 0 atom stereocenters. The van der Waals surface area contributed by atoms with Gasteiger partial charge >= 0.3 is 0 Å². The Morgan fingerprint density at radius 3 is 2.57 bits per heavy atom. The Bertz CT molecular complexity index is 326. The van der Waals surface area contributed by atoms with Gasteiger partial charge in [0, 0.05) is 0 Å². The Labute approximate surface area is 86.6 Å². The van der Waals surface area contributed by atoms with Crippen LogP contribution in [0.1, 0.15) is 13.8 Å². The van der Waals surface area contributed by atoms with Gasteiger partial charge < -0.3 is 4.74 Å². The van der Waals surface area contributed by atoms with E-state index in [0.717, 1.165) is 12.1 Å². The minimum Gasteiger partial charge on any atom is -0.487 e. The van der Waals surface area contributed by atoms with E-state index in [4.69, 9.17) is 16.3 Å². The van der Waals surface area contributed by atoms with Gasteiger partial charge in [-0.15, -0.1) is 0 Å². The molecule has 0 aliphatic heterocycles. The highest BCUT2D eigenvalue weighted by molar-refractivity contribution is 6.30. The van der Waals surface area contributed by atoms with Crippen molar-refractivity contribution < 1.29 is 13.5 Å². The Balaban J connectivity index is 2.89. The van der Waals surface area contributed by atoms with Crippen molar-refractivity contribution in [2.45, 2.75) is 13.8 Å².